The standard InChI is InChI=1S/C14H22N2O/c1-11-6-7-16(13(17)8-11)10-12(2)9-15-14(3,4)5/h6-8,15H,2,9-10H2,1,3-5H3. The Bertz CT molecular complexity index is 452. The zero-order valence-electron chi connectivity index (χ0n) is 11.2. The lowest BCUT2D eigenvalue weighted by Gasteiger charge is -2.21. The minimum absolute atomic E-state index is 0.0295. The van der Waals surface area contributed by atoms with Gasteiger partial charge in [-0.2, -0.15) is 0 Å². The predicted octanol–water partition coefficient (Wildman–Crippen LogP) is 2.10. The number of nitrogens with one attached hydrogen (secondary N) is 1. The summed E-state index contributed by atoms with van der Waals surface area (Å²) in [5.74, 6) is 0. The molecule has 0 spiro atoms. The van der Waals surface area contributed by atoms with E-state index in [0.29, 0.717) is 6.54 Å². The average molecular weight is 234 g/mol. The van der Waals surface area contributed by atoms with E-state index in [4.69, 9.17) is 0 Å². The molecule has 0 bridgehead atoms. The highest BCUT2D eigenvalue weighted by molar-refractivity contribution is 5.10. The smallest absolute Gasteiger partial charge is 0.251 e. The van der Waals surface area contributed by atoms with Crippen LogP contribution in [0.15, 0.2) is 35.3 Å². The third kappa shape index (κ3) is 5.00. The second-order valence-electron chi connectivity index (χ2n) is 5.52. The lowest BCUT2D eigenvalue weighted by molar-refractivity contribution is 0.440. The van der Waals surface area contributed by atoms with Crippen molar-refractivity contribution in [1.82, 2.24) is 9.88 Å². The molecule has 0 aliphatic rings. The van der Waals surface area contributed by atoms with Gasteiger partial charge >= 0.3 is 0 Å². The van der Waals surface area contributed by atoms with Crippen molar-refractivity contribution in [3.63, 3.8) is 0 Å². The quantitative estimate of drug-likeness (QED) is 0.810. The van der Waals surface area contributed by atoms with Crippen LogP contribution in [0.5, 0.6) is 0 Å². The van der Waals surface area contributed by atoms with Gasteiger partial charge < -0.3 is 9.88 Å². The molecule has 3 heteroatoms. The number of nitrogens with zero attached hydrogens (tertiary/aromatic N) is 1. The van der Waals surface area contributed by atoms with Crippen molar-refractivity contribution in [3.8, 4) is 0 Å². The molecule has 0 atom stereocenters. The summed E-state index contributed by atoms with van der Waals surface area (Å²) in [5, 5.41) is 3.36. The first kappa shape index (κ1) is 13.7. The SMILES string of the molecule is C=C(CNC(C)(C)C)Cn1ccc(C)cc1=O. The molecule has 3 nitrogen and oxygen atoms in total. The van der Waals surface area contributed by atoms with Crippen LogP contribution in [0, 0.1) is 6.92 Å². The Kier molecular flexibility index (Phi) is 4.29. The maximum Gasteiger partial charge on any atom is 0.251 e. The number of pyridine rings is 1. The van der Waals surface area contributed by atoms with E-state index in [-0.39, 0.29) is 11.1 Å². The summed E-state index contributed by atoms with van der Waals surface area (Å²) in [6.07, 6.45) is 1.82. The third-order valence-electron chi connectivity index (χ3n) is 2.41. The van der Waals surface area contributed by atoms with Crippen LogP contribution in [0.2, 0.25) is 0 Å². The zero-order chi connectivity index (χ0) is 13.1. The minimum Gasteiger partial charge on any atom is -0.311 e. The van der Waals surface area contributed by atoms with Gasteiger partial charge in [-0.25, -0.2) is 0 Å². The molecule has 1 heterocycles. The Labute approximate surface area is 103 Å². The second-order valence-corrected chi connectivity index (χ2v) is 5.52. The van der Waals surface area contributed by atoms with Crippen LogP contribution < -0.4 is 10.9 Å². The maximum absolute atomic E-state index is 11.7. The van der Waals surface area contributed by atoms with E-state index in [2.05, 4.69) is 32.7 Å². The van der Waals surface area contributed by atoms with Gasteiger partial charge in [0.1, 0.15) is 0 Å². The summed E-state index contributed by atoms with van der Waals surface area (Å²) in [6, 6.07) is 3.58. The van der Waals surface area contributed by atoms with Gasteiger partial charge in [0.2, 0.25) is 0 Å². The summed E-state index contributed by atoms with van der Waals surface area (Å²) >= 11 is 0. The van der Waals surface area contributed by atoms with Crippen molar-refractivity contribution < 1.29 is 0 Å². The van der Waals surface area contributed by atoms with Crippen molar-refractivity contribution in [2.75, 3.05) is 6.54 Å². The average Bonchev–Trinajstić information content (AvgIpc) is 2.18. The molecule has 0 unspecified atom stereocenters. The van der Waals surface area contributed by atoms with Crippen LogP contribution in [0.3, 0.4) is 0 Å². The molecule has 1 aromatic rings. The normalized spacial score (nSPS) is 11.5. The van der Waals surface area contributed by atoms with Gasteiger partial charge in [-0.05, 0) is 44.9 Å². The number of rotatable bonds is 4. The Morgan fingerprint density at radius 2 is 2.12 bits per heavy atom. The van der Waals surface area contributed by atoms with E-state index >= 15 is 0 Å². The Hall–Kier alpha value is -1.35. The lowest BCUT2D eigenvalue weighted by atomic mass is 10.1. The zero-order valence-corrected chi connectivity index (χ0v) is 11.2. The second kappa shape index (κ2) is 5.32. The molecule has 0 saturated heterocycles. The van der Waals surface area contributed by atoms with Crippen molar-refractivity contribution in [1.29, 1.82) is 0 Å². The van der Waals surface area contributed by atoms with Crippen LogP contribution in [0.1, 0.15) is 26.3 Å². The van der Waals surface area contributed by atoms with Gasteiger partial charge in [-0.15, -0.1) is 0 Å². The molecule has 0 radical (unpaired) electrons. The summed E-state index contributed by atoms with van der Waals surface area (Å²) < 4.78 is 1.68. The van der Waals surface area contributed by atoms with Crippen molar-refractivity contribution >= 4 is 0 Å². The van der Waals surface area contributed by atoms with Crippen molar-refractivity contribution in [2.45, 2.75) is 39.8 Å². The van der Waals surface area contributed by atoms with Gasteiger partial charge in [0.15, 0.2) is 0 Å². The number of hydrogen-bond donors (Lipinski definition) is 1. The highest BCUT2D eigenvalue weighted by atomic mass is 16.1. The summed E-state index contributed by atoms with van der Waals surface area (Å²) in [5.41, 5.74) is 2.10. The molecule has 0 saturated carbocycles. The van der Waals surface area contributed by atoms with Gasteiger partial charge in [0.25, 0.3) is 5.56 Å². The van der Waals surface area contributed by atoms with Crippen molar-refractivity contribution in [2.24, 2.45) is 0 Å². The number of aryl methyl sites for hydroxylation is 1. The molecule has 0 aliphatic carbocycles. The van der Waals surface area contributed by atoms with Crippen LogP contribution in [-0.2, 0) is 6.54 Å². The highest BCUT2D eigenvalue weighted by Crippen LogP contribution is 2.01. The Morgan fingerprint density at radius 3 is 2.65 bits per heavy atom. The Morgan fingerprint density at radius 1 is 1.47 bits per heavy atom. The Balaban J connectivity index is 2.60. The summed E-state index contributed by atoms with van der Waals surface area (Å²) in [7, 11) is 0. The van der Waals surface area contributed by atoms with E-state index in [9.17, 15) is 4.79 Å². The van der Waals surface area contributed by atoms with Crippen molar-refractivity contribution in [3.05, 3.63) is 46.4 Å². The van der Waals surface area contributed by atoms with Gasteiger partial charge in [-0.3, -0.25) is 4.79 Å². The largest absolute Gasteiger partial charge is 0.311 e. The molecule has 0 aliphatic heterocycles. The molecule has 1 N–H and O–H groups in total. The first-order valence-electron chi connectivity index (χ1n) is 5.87. The highest BCUT2D eigenvalue weighted by Gasteiger charge is 2.09. The lowest BCUT2D eigenvalue weighted by Crippen LogP contribution is -2.37. The molecule has 17 heavy (non-hydrogen) atoms. The summed E-state index contributed by atoms with van der Waals surface area (Å²) in [6.45, 7) is 13.5. The third-order valence-corrected chi connectivity index (χ3v) is 2.41. The van der Waals surface area contributed by atoms with Crippen LogP contribution >= 0.6 is 0 Å². The van der Waals surface area contributed by atoms with E-state index in [1.807, 2.05) is 19.2 Å². The van der Waals surface area contributed by atoms with Crippen LogP contribution in [-0.4, -0.2) is 16.7 Å². The number of hydrogen-bond acceptors (Lipinski definition) is 2. The van der Waals surface area contributed by atoms with Gasteiger partial charge in [-0.1, -0.05) is 6.58 Å². The molecule has 1 rings (SSSR count). The molecule has 0 fully saturated rings. The van der Waals surface area contributed by atoms with E-state index in [0.717, 1.165) is 17.7 Å². The number of aromatic nitrogens is 1. The fraction of sp³-hybridized carbons (Fsp3) is 0.500. The minimum atomic E-state index is 0.0295. The topological polar surface area (TPSA) is 34.0 Å². The molecular weight excluding hydrogens is 212 g/mol. The predicted molar refractivity (Wildman–Crippen MR) is 72.3 cm³/mol. The fourth-order valence-corrected chi connectivity index (χ4v) is 1.42. The van der Waals surface area contributed by atoms with E-state index in [1.54, 1.807) is 10.6 Å². The first-order chi connectivity index (χ1) is 7.78. The monoisotopic (exact) mass is 234 g/mol. The maximum atomic E-state index is 11.7. The van der Waals surface area contributed by atoms with Gasteiger partial charge in [0, 0.05) is 30.9 Å². The molecule has 0 amide bonds. The van der Waals surface area contributed by atoms with E-state index in [1.165, 1.54) is 0 Å². The summed E-state index contributed by atoms with van der Waals surface area (Å²) in [4.78, 5) is 11.7. The molecular formula is C14H22N2O. The van der Waals surface area contributed by atoms with E-state index < -0.39 is 0 Å². The fourth-order valence-electron chi connectivity index (χ4n) is 1.42. The molecule has 1 aromatic heterocycles. The van der Waals surface area contributed by atoms with Gasteiger partial charge in [0.05, 0.1) is 0 Å². The van der Waals surface area contributed by atoms with Crippen LogP contribution in [0.4, 0.5) is 0 Å². The molecule has 0 aromatic carbocycles. The first-order valence-corrected chi connectivity index (χ1v) is 5.87. The van der Waals surface area contributed by atoms with Crippen LogP contribution in [0.25, 0.3) is 0 Å². The molecule has 94 valence electrons.